The molecule has 0 aliphatic rings. The number of hydrogen-bond donors (Lipinski definition) is 1. The van der Waals surface area contributed by atoms with Gasteiger partial charge in [-0.3, -0.25) is 4.90 Å². The molecule has 1 aromatic rings. The average molecular weight is 346 g/mol. The molecule has 0 heterocycles. The van der Waals surface area contributed by atoms with Crippen molar-refractivity contribution in [3.63, 3.8) is 0 Å². The fourth-order valence-corrected chi connectivity index (χ4v) is 2.20. The molecule has 1 N–H and O–H groups in total. The second kappa shape index (κ2) is 9.47. The summed E-state index contributed by atoms with van der Waals surface area (Å²) in [6, 6.07) is 8.19. The number of likely N-dealkylation sites (N-methyl/N-ethyl adjacent to an activating group) is 1. The highest BCUT2D eigenvalue weighted by molar-refractivity contribution is 9.10. The Hall–Kier alpha value is -0.460. The fourth-order valence-electron chi connectivity index (χ4n) is 1.94. The first-order chi connectivity index (χ1) is 9.51. The van der Waals surface area contributed by atoms with Crippen LogP contribution >= 0.6 is 15.9 Å². The average Bonchev–Trinajstić information content (AvgIpc) is 2.39. The molecule has 0 aromatic heterocycles. The molecule has 0 radical (unpaired) electrons. The lowest BCUT2D eigenvalue weighted by atomic mass is 10.2. The standard InChI is InChI=1S/C15H24BrNO3/c1-12(10-19-3)20-11-15(18)9-17(2)8-13-4-6-14(16)7-5-13/h4-7,12,15,18H,8-11H2,1-3H3. The normalized spacial score (nSPS) is 14.5. The van der Waals surface area contributed by atoms with Gasteiger partial charge in [0.25, 0.3) is 0 Å². The van der Waals surface area contributed by atoms with E-state index in [1.165, 1.54) is 5.56 Å². The van der Waals surface area contributed by atoms with E-state index < -0.39 is 6.10 Å². The molecule has 1 rings (SSSR count). The van der Waals surface area contributed by atoms with Crippen molar-refractivity contribution < 1.29 is 14.6 Å². The van der Waals surface area contributed by atoms with Gasteiger partial charge in [-0.05, 0) is 31.7 Å². The summed E-state index contributed by atoms with van der Waals surface area (Å²) in [6.45, 7) is 4.19. The minimum Gasteiger partial charge on any atom is -0.389 e. The molecule has 20 heavy (non-hydrogen) atoms. The molecule has 0 fully saturated rings. The zero-order valence-electron chi connectivity index (χ0n) is 12.4. The van der Waals surface area contributed by atoms with Crippen molar-refractivity contribution in [2.24, 2.45) is 0 Å². The van der Waals surface area contributed by atoms with Gasteiger partial charge in [-0.15, -0.1) is 0 Å². The Morgan fingerprint density at radius 3 is 2.50 bits per heavy atom. The van der Waals surface area contributed by atoms with Gasteiger partial charge in [-0.25, -0.2) is 0 Å². The van der Waals surface area contributed by atoms with E-state index in [1.807, 2.05) is 26.1 Å². The first kappa shape index (κ1) is 17.6. The van der Waals surface area contributed by atoms with Crippen molar-refractivity contribution in [1.29, 1.82) is 0 Å². The Bertz CT molecular complexity index is 372. The SMILES string of the molecule is COCC(C)OCC(O)CN(C)Cc1ccc(Br)cc1. The number of nitrogens with zero attached hydrogens (tertiary/aromatic N) is 1. The van der Waals surface area contributed by atoms with Gasteiger partial charge in [-0.2, -0.15) is 0 Å². The van der Waals surface area contributed by atoms with Crippen LogP contribution in [0.25, 0.3) is 0 Å². The summed E-state index contributed by atoms with van der Waals surface area (Å²) in [6.07, 6.45) is -0.485. The third kappa shape index (κ3) is 7.36. The fraction of sp³-hybridized carbons (Fsp3) is 0.600. The van der Waals surface area contributed by atoms with Crippen LogP contribution in [0.3, 0.4) is 0 Å². The highest BCUT2D eigenvalue weighted by atomic mass is 79.9. The Morgan fingerprint density at radius 1 is 1.25 bits per heavy atom. The van der Waals surface area contributed by atoms with E-state index in [9.17, 15) is 5.11 Å². The van der Waals surface area contributed by atoms with Crippen LogP contribution < -0.4 is 0 Å². The largest absolute Gasteiger partial charge is 0.389 e. The Labute approximate surface area is 129 Å². The van der Waals surface area contributed by atoms with E-state index in [0.717, 1.165) is 11.0 Å². The van der Waals surface area contributed by atoms with Crippen molar-refractivity contribution in [2.75, 3.05) is 33.9 Å². The Balaban J connectivity index is 2.27. The smallest absolute Gasteiger partial charge is 0.0900 e. The Kier molecular flexibility index (Phi) is 8.33. The monoisotopic (exact) mass is 345 g/mol. The number of aliphatic hydroxyl groups is 1. The van der Waals surface area contributed by atoms with E-state index in [2.05, 4.69) is 33.0 Å². The summed E-state index contributed by atoms with van der Waals surface area (Å²) >= 11 is 3.42. The van der Waals surface area contributed by atoms with Gasteiger partial charge in [0.1, 0.15) is 0 Å². The van der Waals surface area contributed by atoms with Gasteiger partial charge in [0.2, 0.25) is 0 Å². The first-order valence-corrected chi connectivity index (χ1v) is 7.52. The number of ether oxygens (including phenoxy) is 2. The van der Waals surface area contributed by atoms with Crippen molar-refractivity contribution in [1.82, 2.24) is 4.90 Å². The van der Waals surface area contributed by atoms with Gasteiger partial charge in [0.05, 0.1) is 25.4 Å². The third-order valence-electron chi connectivity index (χ3n) is 2.86. The molecular formula is C15H24BrNO3. The number of aliphatic hydroxyl groups excluding tert-OH is 1. The van der Waals surface area contributed by atoms with Crippen LogP contribution in [0.5, 0.6) is 0 Å². The predicted molar refractivity (Wildman–Crippen MR) is 83.8 cm³/mol. The summed E-state index contributed by atoms with van der Waals surface area (Å²) in [7, 11) is 3.63. The van der Waals surface area contributed by atoms with Crippen LogP contribution in [0, 0.1) is 0 Å². The molecule has 4 nitrogen and oxygen atoms in total. The molecule has 0 saturated heterocycles. The molecule has 2 atom stereocenters. The molecule has 0 aliphatic heterocycles. The van der Waals surface area contributed by atoms with E-state index in [-0.39, 0.29) is 6.10 Å². The second-order valence-electron chi connectivity index (χ2n) is 5.08. The molecule has 0 bridgehead atoms. The molecule has 114 valence electrons. The highest BCUT2D eigenvalue weighted by Crippen LogP contribution is 2.11. The maximum Gasteiger partial charge on any atom is 0.0900 e. The van der Waals surface area contributed by atoms with Crippen molar-refractivity contribution in [3.8, 4) is 0 Å². The van der Waals surface area contributed by atoms with Crippen LogP contribution in [0.4, 0.5) is 0 Å². The van der Waals surface area contributed by atoms with Crippen LogP contribution in [0.1, 0.15) is 12.5 Å². The molecule has 5 heteroatoms. The molecular weight excluding hydrogens is 322 g/mol. The summed E-state index contributed by atoms with van der Waals surface area (Å²) in [4.78, 5) is 2.08. The lowest BCUT2D eigenvalue weighted by Gasteiger charge is -2.22. The number of hydrogen-bond acceptors (Lipinski definition) is 4. The molecule has 2 unspecified atom stereocenters. The van der Waals surface area contributed by atoms with Crippen LogP contribution in [0.2, 0.25) is 0 Å². The van der Waals surface area contributed by atoms with E-state index in [1.54, 1.807) is 7.11 Å². The van der Waals surface area contributed by atoms with Crippen LogP contribution in [0.15, 0.2) is 28.7 Å². The molecule has 0 spiro atoms. The van der Waals surface area contributed by atoms with Crippen molar-refractivity contribution >= 4 is 15.9 Å². The third-order valence-corrected chi connectivity index (χ3v) is 3.39. The maximum atomic E-state index is 9.94. The number of benzene rings is 1. The minimum absolute atomic E-state index is 0.00595. The topological polar surface area (TPSA) is 41.9 Å². The second-order valence-corrected chi connectivity index (χ2v) is 5.99. The van der Waals surface area contributed by atoms with Crippen LogP contribution in [-0.4, -0.2) is 56.1 Å². The zero-order valence-corrected chi connectivity index (χ0v) is 14.0. The van der Waals surface area contributed by atoms with Gasteiger partial charge < -0.3 is 14.6 Å². The first-order valence-electron chi connectivity index (χ1n) is 6.73. The quantitative estimate of drug-likeness (QED) is 0.745. The van der Waals surface area contributed by atoms with Crippen LogP contribution in [-0.2, 0) is 16.0 Å². The number of halogens is 1. The molecule has 1 aromatic carbocycles. The lowest BCUT2D eigenvalue weighted by molar-refractivity contribution is -0.0385. The molecule has 0 saturated carbocycles. The van der Waals surface area contributed by atoms with Gasteiger partial charge >= 0.3 is 0 Å². The van der Waals surface area contributed by atoms with E-state index >= 15 is 0 Å². The highest BCUT2D eigenvalue weighted by Gasteiger charge is 2.11. The summed E-state index contributed by atoms with van der Waals surface area (Å²) < 4.78 is 11.6. The summed E-state index contributed by atoms with van der Waals surface area (Å²) in [5.74, 6) is 0. The molecule has 0 aliphatic carbocycles. The molecule has 0 amide bonds. The van der Waals surface area contributed by atoms with Crippen molar-refractivity contribution in [2.45, 2.75) is 25.7 Å². The van der Waals surface area contributed by atoms with Gasteiger partial charge in [0, 0.05) is 24.7 Å². The van der Waals surface area contributed by atoms with Gasteiger partial charge in [0.15, 0.2) is 0 Å². The van der Waals surface area contributed by atoms with E-state index in [0.29, 0.717) is 19.8 Å². The summed E-state index contributed by atoms with van der Waals surface area (Å²) in [5.41, 5.74) is 1.22. The van der Waals surface area contributed by atoms with E-state index in [4.69, 9.17) is 9.47 Å². The number of methoxy groups -OCH3 is 1. The predicted octanol–water partition coefficient (Wildman–Crippen LogP) is 2.29. The Morgan fingerprint density at radius 2 is 1.90 bits per heavy atom. The summed E-state index contributed by atoms with van der Waals surface area (Å²) in [5, 5.41) is 9.94. The maximum absolute atomic E-state index is 9.94. The number of rotatable bonds is 9. The zero-order chi connectivity index (χ0) is 15.0. The lowest BCUT2D eigenvalue weighted by Crippen LogP contribution is -2.33. The minimum atomic E-state index is -0.491. The van der Waals surface area contributed by atoms with Crippen molar-refractivity contribution in [3.05, 3.63) is 34.3 Å². The van der Waals surface area contributed by atoms with Gasteiger partial charge in [-0.1, -0.05) is 28.1 Å².